The highest BCUT2D eigenvalue weighted by Gasteiger charge is 2.21. The van der Waals surface area contributed by atoms with Gasteiger partial charge in [0.1, 0.15) is 11.2 Å². The Morgan fingerprint density at radius 1 is 0.379 bits per heavy atom. The number of fused-ring (bicyclic) bond motifs is 5. The van der Waals surface area contributed by atoms with Gasteiger partial charge in [0.05, 0.1) is 11.4 Å². The molecule has 11 rings (SSSR count). The fraction of sp³-hybridized carbons (Fsp3) is 0.111. The summed E-state index contributed by atoms with van der Waals surface area (Å²) in [6.07, 6.45) is 0. The molecule has 66 heavy (non-hydrogen) atoms. The Hall–Kier alpha value is -7.88. The Morgan fingerprint density at radius 3 is 1.32 bits per heavy atom. The van der Waals surface area contributed by atoms with Crippen LogP contribution < -0.4 is 9.80 Å². The van der Waals surface area contributed by atoms with Crippen molar-refractivity contribution in [3.63, 3.8) is 0 Å². The van der Waals surface area contributed by atoms with Crippen molar-refractivity contribution >= 4 is 77.6 Å². The summed E-state index contributed by atoms with van der Waals surface area (Å²) in [6.45, 7) is 11.3. The largest absolute Gasteiger partial charge is 0.456 e. The zero-order chi connectivity index (χ0) is 44.9. The van der Waals surface area contributed by atoms with Crippen LogP contribution >= 0.6 is 0 Å². The maximum absolute atomic E-state index is 6.80. The molecular formula is C63H52N2O. The molecule has 3 nitrogen and oxygen atoms in total. The number of nitrogens with zero attached hydrogens (tertiary/aromatic N) is 2. The van der Waals surface area contributed by atoms with Crippen molar-refractivity contribution in [2.75, 3.05) is 9.80 Å². The summed E-state index contributed by atoms with van der Waals surface area (Å²) in [7, 11) is 0. The van der Waals surface area contributed by atoms with E-state index in [0.29, 0.717) is 5.92 Å². The van der Waals surface area contributed by atoms with E-state index in [1.54, 1.807) is 0 Å². The standard InChI is InChI=1S/C63H52N2O/c1-42(2)43-26-32-52(33-27-43)65(60-23-15-13-21-56(60)45-24-30-50(31-25-45)63(3,4)5)54-35-29-47-39-58-57-38-46-28-34-53(36-48(46)40-61(57)66-62(58)41-49(47)37-54)64(51-18-10-7-11-19-51)59-22-14-12-20-55(59)44-16-8-6-9-17-44/h6-42H,1-5H3. The van der Waals surface area contributed by atoms with E-state index in [1.165, 1.54) is 44.2 Å². The van der Waals surface area contributed by atoms with Crippen LogP contribution in [0.25, 0.3) is 65.7 Å². The van der Waals surface area contributed by atoms with E-state index in [4.69, 9.17) is 4.42 Å². The van der Waals surface area contributed by atoms with Crippen LogP contribution in [0.5, 0.6) is 0 Å². The molecule has 10 aromatic carbocycles. The summed E-state index contributed by atoms with van der Waals surface area (Å²) < 4.78 is 6.80. The van der Waals surface area contributed by atoms with E-state index >= 15 is 0 Å². The molecule has 11 aromatic rings. The van der Waals surface area contributed by atoms with E-state index < -0.39 is 0 Å². The summed E-state index contributed by atoms with van der Waals surface area (Å²) in [4.78, 5) is 4.76. The molecule has 0 N–H and O–H groups in total. The quantitative estimate of drug-likeness (QED) is 0.144. The molecule has 0 radical (unpaired) electrons. The van der Waals surface area contributed by atoms with Gasteiger partial charge in [-0.25, -0.2) is 0 Å². The molecule has 0 aliphatic rings. The predicted molar refractivity (Wildman–Crippen MR) is 282 cm³/mol. The first-order valence-electron chi connectivity index (χ1n) is 23.1. The van der Waals surface area contributed by atoms with Crippen molar-refractivity contribution in [1.82, 2.24) is 0 Å². The van der Waals surface area contributed by atoms with Crippen LogP contribution in [0, 0.1) is 0 Å². The minimum absolute atomic E-state index is 0.0797. The lowest BCUT2D eigenvalue weighted by Crippen LogP contribution is -2.12. The molecule has 0 fully saturated rings. The van der Waals surface area contributed by atoms with Gasteiger partial charge in [-0.05, 0) is 140 Å². The number of hydrogen-bond donors (Lipinski definition) is 0. The average Bonchev–Trinajstić information content (AvgIpc) is 3.69. The van der Waals surface area contributed by atoms with Gasteiger partial charge in [-0.3, -0.25) is 0 Å². The lowest BCUT2D eigenvalue weighted by Gasteiger charge is -2.28. The first-order valence-corrected chi connectivity index (χ1v) is 23.1. The molecule has 0 atom stereocenters. The summed E-state index contributed by atoms with van der Waals surface area (Å²) in [6, 6.07) is 79.5. The molecule has 0 aliphatic heterocycles. The summed E-state index contributed by atoms with van der Waals surface area (Å²) in [5.41, 5.74) is 15.8. The number of para-hydroxylation sites is 3. The fourth-order valence-corrected chi connectivity index (χ4v) is 9.55. The highest BCUT2D eigenvalue weighted by Crippen LogP contribution is 2.45. The number of hydrogen-bond acceptors (Lipinski definition) is 3. The Balaban J connectivity index is 1.01. The van der Waals surface area contributed by atoms with E-state index in [-0.39, 0.29) is 5.41 Å². The maximum Gasteiger partial charge on any atom is 0.136 e. The zero-order valence-corrected chi connectivity index (χ0v) is 38.2. The second-order valence-corrected chi connectivity index (χ2v) is 18.8. The zero-order valence-electron chi connectivity index (χ0n) is 38.2. The molecule has 0 unspecified atom stereocenters. The van der Waals surface area contributed by atoms with Gasteiger partial charge >= 0.3 is 0 Å². The maximum atomic E-state index is 6.80. The molecule has 320 valence electrons. The average molecular weight is 853 g/mol. The van der Waals surface area contributed by atoms with Gasteiger partial charge in [0.2, 0.25) is 0 Å². The lowest BCUT2D eigenvalue weighted by molar-refractivity contribution is 0.590. The molecular weight excluding hydrogens is 801 g/mol. The molecule has 0 saturated carbocycles. The Morgan fingerprint density at radius 2 is 0.818 bits per heavy atom. The first kappa shape index (κ1) is 40.9. The second kappa shape index (κ2) is 16.6. The van der Waals surface area contributed by atoms with E-state index in [0.717, 1.165) is 66.8 Å². The van der Waals surface area contributed by atoms with Gasteiger partial charge in [0, 0.05) is 44.6 Å². The van der Waals surface area contributed by atoms with Crippen molar-refractivity contribution in [3.8, 4) is 22.3 Å². The predicted octanol–water partition coefficient (Wildman–Crippen LogP) is 18.6. The SMILES string of the molecule is CC(C)c1ccc(N(c2ccc3cc4c(cc3c2)oc2cc3cc(N(c5ccccc5)c5ccccc5-c5ccccc5)ccc3cc24)c2ccccc2-c2ccc(C(C)(C)C)cc2)cc1. The van der Waals surface area contributed by atoms with Gasteiger partial charge in [-0.1, -0.05) is 168 Å². The first-order chi connectivity index (χ1) is 32.2. The van der Waals surface area contributed by atoms with Gasteiger partial charge in [-0.2, -0.15) is 0 Å². The van der Waals surface area contributed by atoms with Gasteiger partial charge in [0.15, 0.2) is 0 Å². The third-order valence-electron chi connectivity index (χ3n) is 13.1. The Bertz CT molecular complexity index is 3530. The van der Waals surface area contributed by atoms with E-state index in [1.807, 2.05) is 0 Å². The number of rotatable bonds is 9. The van der Waals surface area contributed by atoms with Crippen molar-refractivity contribution in [2.24, 2.45) is 0 Å². The molecule has 0 amide bonds. The topological polar surface area (TPSA) is 19.6 Å². The minimum Gasteiger partial charge on any atom is -0.456 e. The normalized spacial score (nSPS) is 11.8. The number of furan rings is 1. The second-order valence-electron chi connectivity index (χ2n) is 18.8. The smallest absolute Gasteiger partial charge is 0.136 e. The van der Waals surface area contributed by atoms with Crippen molar-refractivity contribution < 1.29 is 4.42 Å². The third-order valence-corrected chi connectivity index (χ3v) is 13.1. The number of benzene rings is 10. The Kier molecular flexibility index (Phi) is 10.3. The molecule has 0 aliphatic carbocycles. The Labute approximate surface area is 387 Å². The highest BCUT2D eigenvalue weighted by molar-refractivity contribution is 6.14. The van der Waals surface area contributed by atoms with Crippen LogP contribution in [0.3, 0.4) is 0 Å². The van der Waals surface area contributed by atoms with Gasteiger partial charge in [0.25, 0.3) is 0 Å². The van der Waals surface area contributed by atoms with E-state index in [2.05, 4.69) is 263 Å². The number of anilines is 6. The molecule has 0 bridgehead atoms. The van der Waals surface area contributed by atoms with Crippen molar-refractivity contribution in [1.29, 1.82) is 0 Å². The van der Waals surface area contributed by atoms with Gasteiger partial charge < -0.3 is 14.2 Å². The molecule has 0 spiro atoms. The summed E-state index contributed by atoms with van der Waals surface area (Å²) in [5, 5.41) is 6.81. The van der Waals surface area contributed by atoms with Crippen LogP contribution in [0.1, 0.15) is 51.7 Å². The third kappa shape index (κ3) is 7.57. The van der Waals surface area contributed by atoms with E-state index in [9.17, 15) is 0 Å². The highest BCUT2D eigenvalue weighted by atomic mass is 16.3. The lowest BCUT2D eigenvalue weighted by atomic mass is 9.86. The monoisotopic (exact) mass is 852 g/mol. The van der Waals surface area contributed by atoms with Crippen LogP contribution in [-0.2, 0) is 5.41 Å². The van der Waals surface area contributed by atoms with Crippen LogP contribution in [-0.4, -0.2) is 0 Å². The molecule has 1 heterocycles. The summed E-state index contributed by atoms with van der Waals surface area (Å²) in [5.74, 6) is 0.444. The minimum atomic E-state index is 0.0797. The molecule has 1 aromatic heterocycles. The van der Waals surface area contributed by atoms with Crippen LogP contribution in [0.2, 0.25) is 0 Å². The van der Waals surface area contributed by atoms with Crippen LogP contribution in [0.4, 0.5) is 34.1 Å². The summed E-state index contributed by atoms with van der Waals surface area (Å²) >= 11 is 0. The van der Waals surface area contributed by atoms with Gasteiger partial charge in [-0.15, -0.1) is 0 Å². The molecule has 3 heteroatoms. The van der Waals surface area contributed by atoms with Crippen LogP contribution in [0.15, 0.2) is 223 Å². The fourth-order valence-electron chi connectivity index (χ4n) is 9.55. The van der Waals surface area contributed by atoms with Crippen molar-refractivity contribution in [3.05, 3.63) is 230 Å². The molecule has 0 saturated heterocycles. The van der Waals surface area contributed by atoms with Crippen molar-refractivity contribution in [2.45, 2.75) is 46.0 Å².